The molecule has 6 heteroatoms. The third-order valence-electron chi connectivity index (χ3n) is 3.57. The van der Waals surface area contributed by atoms with Gasteiger partial charge < -0.3 is 9.72 Å². The summed E-state index contributed by atoms with van der Waals surface area (Å²) in [7, 11) is 1.50. The molecule has 3 rings (SSSR count). The Kier molecular flexibility index (Phi) is 3.60. The number of fused-ring (bicyclic) bond motifs is 1. The molecule has 0 aliphatic carbocycles. The Hall–Kier alpha value is -2.76. The Bertz CT molecular complexity index is 929. The molecular formula is C17H12F3NO2. The molecule has 0 aliphatic heterocycles. The average Bonchev–Trinajstić information content (AvgIpc) is 2.52. The van der Waals surface area contributed by atoms with Crippen molar-refractivity contribution in [2.75, 3.05) is 7.11 Å². The van der Waals surface area contributed by atoms with Gasteiger partial charge in [0.15, 0.2) is 0 Å². The largest absolute Gasteiger partial charge is 0.496 e. The Balaban J connectivity index is 2.30. The second kappa shape index (κ2) is 5.46. The van der Waals surface area contributed by atoms with Crippen LogP contribution in [0.1, 0.15) is 5.56 Å². The van der Waals surface area contributed by atoms with Crippen LogP contribution in [0.2, 0.25) is 0 Å². The van der Waals surface area contributed by atoms with Crippen molar-refractivity contribution in [3.05, 3.63) is 64.4 Å². The van der Waals surface area contributed by atoms with E-state index in [4.69, 9.17) is 4.74 Å². The number of ether oxygens (including phenoxy) is 1. The van der Waals surface area contributed by atoms with Crippen LogP contribution in [0, 0.1) is 0 Å². The average molecular weight is 319 g/mol. The smallest absolute Gasteiger partial charge is 0.417 e. The minimum Gasteiger partial charge on any atom is -0.496 e. The highest BCUT2D eigenvalue weighted by Crippen LogP contribution is 2.36. The lowest BCUT2D eigenvalue weighted by molar-refractivity contribution is -0.136. The zero-order valence-corrected chi connectivity index (χ0v) is 12.1. The standard InChI is InChI=1S/C17H12F3NO2/c1-23-15-5-3-2-4-11(15)10-6-7-14-12(8-10)13(17(18,19)20)9-16(22)21-14/h2-9H,1H3,(H,21,22). The maximum Gasteiger partial charge on any atom is 0.417 e. The van der Waals surface area contributed by atoms with Gasteiger partial charge in [-0.3, -0.25) is 4.79 Å². The Morgan fingerprint density at radius 1 is 1.04 bits per heavy atom. The van der Waals surface area contributed by atoms with Crippen LogP contribution in [-0.4, -0.2) is 12.1 Å². The molecule has 0 radical (unpaired) electrons. The summed E-state index contributed by atoms with van der Waals surface area (Å²) in [5.41, 5.74) is -0.338. The molecule has 0 bridgehead atoms. The number of hydrogen-bond donors (Lipinski definition) is 1. The van der Waals surface area contributed by atoms with Crippen LogP contribution in [0.5, 0.6) is 5.75 Å². The van der Waals surface area contributed by atoms with E-state index >= 15 is 0 Å². The first-order valence-electron chi connectivity index (χ1n) is 6.78. The van der Waals surface area contributed by atoms with Gasteiger partial charge in [0.2, 0.25) is 5.56 Å². The summed E-state index contributed by atoms with van der Waals surface area (Å²) >= 11 is 0. The lowest BCUT2D eigenvalue weighted by atomic mass is 10.00. The molecule has 1 N–H and O–H groups in total. The number of para-hydroxylation sites is 1. The molecule has 23 heavy (non-hydrogen) atoms. The van der Waals surface area contributed by atoms with Gasteiger partial charge >= 0.3 is 6.18 Å². The minimum absolute atomic E-state index is 0.0551. The fraction of sp³-hybridized carbons (Fsp3) is 0.118. The fourth-order valence-electron chi connectivity index (χ4n) is 2.54. The first-order valence-corrected chi connectivity index (χ1v) is 6.78. The van der Waals surface area contributed by atoms with E-state index < -0.39 is 17.3 Å². The predicted molar refractivity (Wildman–Crippen MR) is 81.6 cm³/mol. The molecule has 1 heterocycles. The molecule has 3 aromatic rings. The number of H-pyrrole nitrogens is 1. The number of rotatable bonds is 2. The summed E-state index contributed by atoms with van der Waals surface area (Å²) in [4.78, 5) is 13.9. The van der Waals surface area contributed by atoms with E-state index in [2.05, 4.69) is 4.98 Å². The van der Waals surface area contributed by atoms with Crippen LogP contribution < -0.4 is 10.3 Å². The van der Waals surface area contributed by atoms with Crippen molar-refractivity contribution in [2.45, 2.75) is 6.18 Å². The maximum absolute atomic E-state index is 13.2. The van der Waals surface area contributed by atoms with Crippen molar-refractivity contribution in [1.82, 2.24) is 4.98 Å². The predicted octanol–water partition coefficient (Wildman–Crippen LogP) is 4.22. The van der Waals surface area contributed by atoms with Gasteiger partial charge in [-0.2, -0.15) is 13.2 Å². The fourth-order valence-corrected chi connectivity index (χ4v) is 2.54. The summed E-state index contributed by atoms with van der Waals surface area (Å²) < 4.78 is 44.8. The summed E-state index contributed by atoms with van der Waals surface area (Å²) in [5, 5.41) is -0.0551. The van der Waals surface area contributed by atoms with Gasteiger partial charge in [-0.15, -0.1) is 0 Å². The number of aromatic nitrogens is 1. The molecule has 0 amide bonds. The van der Waals surface area contributed by atoms with Gasteiger partial charge in [0.1, 0.15) is 5.75 Å². The summed E-state index contributed by atoms with van der Waals surface area (Å²) in [6.45, 7) is 0. The topological polar surface area (TPSA) is 42.1 Å². The van der Waals surface area contributed by atoms with Crippen LogP contribution in [-0.2, 0) is 6.18 Å². The zero-order chi connectivity index (χ0) is 16.6. The number of methoxy groups -OCH3 is 1. The summed E-state index contributed by atoms with van der Waals surface area (Å²) in [6.07, 6.45) is -4.61. The Labute approximate surface area is 129 Å². The van der Waals surface area contributed by atoms with Crippen molar-refractivity contribution in [3.8, 4) is 16.9 Å². The van der Waals surface area contributed by atoms with Crippen molar-refractivity contribution in [3.63, 3.8) is 0 Å². The van der Waals surface area contributed by atoms with E-state index in [1.807, 2.05) is 0 Å². The van der Waals surface area contributed by atoms with Gasteiger partial charge in [0, 0.05) is 22.5 Å². The van der Waals surface area contributed by atoms with E-state index in [9.17, 15) is 18.0 Å². The second-order valence-corrected chi connectivity index (χ2v) is 5.01. The summed E-state index contributed by atoms with van der Waals surface area (Å²) in [6, 6.07) is 12.2. The first kappa shape index (κ1) is 15.1. The van der Waals surface area contributed by atoms with Crippen LogP contribution in [0.25, 0.3) is 22.0 Å². The molecule has 1 aromatic heterocycles. The number of halogens is 3. The number of alkyl halides is 3. The third kappa shape index (κ3) is 2.79. The van der Waals surface area contributed by atoms with Crippen molar-refractivity contribution in [1.29, 1.82) is 0 Å². The van der Waals surface area contributed by atoms with Crippen LogP contribution in [0.3, 0.4) is 0 Å². The van der Waals surface area contributed by atoms with Gasteiger partial charge in [-0.05, 0) is 23.8 Å². The second-order valence-electron chi connectivity index (χ2n) is 5.01. The molecule has 0 spiro atoms. The van der Waals surface area contributed by atoms with E-state index in [-0.39, 0.29) is 10.9 Å². The maximum atomic E-state index is 13.2. The molecule has 118 valence electrons. The number of pyridine rings is 1. The van der Waals surface area contributed by atoms with Gasteiger partial charge in [0.25, 0.3) is 0 Å². The van der Waals surface area contributed by atoms with E-state index in [1.165, 1.54) is 19.2 Å². The molecular weight excluding hydrogens is 307 g/mol. The van der Waals surface area contributed by atoms with Gasteiger partial charge in [0.05, 0.1) is 12.7 Å². The molecule has 0 saturated carbocycles. The molecule has 0 atom stereocenters. The zero-order valence-electron chi connectivity index (χ0n) is 12.1. The lowest BCUT2D eigenvalue weighted by Crippen LogP contribution is -2.13. The number of nitrogens with one attached hydrogen (secondary N) is 1. The molecule has 0 saturated heterocycles. The van der Waals surface area contributed by atoms with Crippen molar-refractivity contribution in [2.24, 2.45) is 0 Å². The molecule has 0 fully saturated rings. The SMILES string of the molecule is COc1ccccc1-c1ccc2[nH]c(=O)cc(C(F)(F)F)c2c1. The Morgan fingerprint density at radius 2 is 1.78 bits per heavy atom. The first-order chi connectivity index (χ1) is 10.9. The lowest BCUT2D eigenvalue weighted by Gasteiger charge is -2.12. The molecule has 0 aliphatic rings. The van der Waals surface area contributed by atoms with E-state index in [0.717, 1.165) is 0 Å². The van der Waals surface area contributed by atoms with E-state index in [0.29, 0.717) is 22.9 Å². The molecule has 3 nitrogen and oxygen atoms in total. The monoisotopic (exact) mass is 319 g/mol. The van der Waals surface area contributed by atoms with Crippen LogP contribution in [0.15, 0.2) is 53.3 Å². The Morgan fingerprint density at radius 3 is 2.48 bits per heavy atom. The number of aromatic amines is 1. The third-order valence-corrected chi connectivity index (χ3v) is 3.57. The van der Waals surface area contributed by atoms with Gasteiger partial charge in [-0.1, -0.05) is 24.3 Å². The highest BCUT2D eigenvalue weighted by Gasteiger charge is 2.33. The summed E-state index contributed by atoms with van der Waals surface area (Å²) in [5.74, 6) is 0.560. The molecule has 2 aromatic carbocycles. The number of hydrogen-bond acceptors (Lipinski definition) is 2. The van der Waals surface area contributed by atoms with Crippen LogP contribution in [0.4, 0.5) is 13.2 Å². The normalized spacial score (nSPS) is 11.7. The number of benzene rings is 2. The van der Waals surface area contributed by atoms with Gasteiger partial charge in [-0.25, -0.2) is 0 Å². The quantitative estimate of drug-likeness (QED) is 0.768. The van der Waals surface area contributed by atoms with Crippen LogP contribution >= 0.6 is 0 Å². The van der Waals surface area contributed by atoms with Crippen molar-refractivity contribution >= 4 is 10.9 Å². The van der Waals surface area contributed by atoms with E-state index in [1.54, 1.807) is 30.3 Å². The minimum atomic E-state index is -4.61. The van der Waals surface area contributed by atoms with Crippen molar-refractivity contribution < 1.29 is 17.9 Å². The molecule has 0 unspecified atom stereocenters. The highest BCUT2D eigenvalue weighted by atomic mass is 19.4. The highest BCUT2D eigenvalue weighted by molar-refractivity contribution is 5.88.